The third-order valence-electron chi connectivity index (χ3n) is 4.70. The van der Waals surface area contributed by atoms with Crippen molar-refractivity contribution >= 4 is 38.8 Å². The fraction of sp³-hybridized carbons (Fsp3) is 0.476. The standard InChI is InChI=1S/C21H29BrN4O2/c1-6-8-11-25(7-2)19-12-15(5)23-21(20(19)26(27)28)24-18-10-9-16(14(3)4)13-17(18)22/h9-10,12-14H,6-8,11H2,1-5H3,(H,23,24). The zero-order valence-electron chi connectivity index (χ0n) is 17.3. The summed E-state index contributed by atoms with van der Waals surface area (Å²) < 4.78 is 0.858. The lowest BCUT2D eigenvalue weighted by atomic mass is 10.0. The van der Waals surface area contributed by atoms with Gasteiger partial charge in [-0.25, -0.2) is 4.98 Å². The van der Waals surface area contributed by atoms with Crippen molar-refractivity contribution in [1.82, 2.24) is 4.98 Å². The molecule has 0 unspecified atom stereocenters. The van der Waals surface area contributed by atoms with E-state index in [0.29, 0.717) is 18.2 Å². The summed E-state index contributed by atoms with van der Waals surface area (Å²) in [5.74, 6) is 0.674. The van der Waals surface area contributed by atoms with Crippen LogP contribution in [0.1, 0.15) is 57.7 Å². The average Bonchev–Trinajstić information content (AvgIpc) is 2.63. The molecule has 1 aromatic heterocycles. The van der Waals surface area contributed by atoms with Crippen LogP contribution < -0.4 is 10.2 Å². The van der Waals surface area contributed by atoms with Crippen molar-refractivity contribution in [2.75, 3.05) is 23.3 Å². The number of hydrogen-bond acceptors (Lipinski definition) is 5. The Morgan fingerprint density at radius 3 is 2.54 bits per heavy atom. The Balaban J connectivity index is 2.51. The SMILES string of the molecule is CCCCN(CC)c1cc(C)nc(Nc2ccc(C(C)C)cc2Br)c1[N+](=O)[O-]. The van der Waals surface area contributed by atoms with Crippen LogP contribution in [0.3, 0.4) is 0 Å². The van der Waals surface area contributed by atoms with Gasteiger partial charge < -0.3 is 10.2 Å². The lowest BCUT2D eigenvalue weighted by Gasteiger charge is -2.24. The molecule has 0 radical (unpaired) electrons. The fourth-order valence-corrected chi connectivity index (χ4v) is 3.57. The van der Waals surface area contributed by atoms with Crippen molar-refractivity contribution in [3.05, 3.63) is 50.1 Å². The number of nitrogens with one attached hydrogen (secondary N) is 1. The summed E-state index contributed by atoms with van der Waals surface area (Å²) in [6.07, 6.45) is 2.02. The first-order chi connectivity index (χ1) is 13.3. The highest BCUT2D eigenvalue weighted by Gasteiger charge is 2.26. The van der Waals surface area contributed by atoms with E-state index in [1.807, 2.05) is 32.0 Å². The molecule has 0 aliphatic heterocycles. The number of nitrogens with zero attached hydrogens (tertiary/aromatic N) is 3. The minimum Gasteiger partial charge on any atom is -0.366 e. The highest BCUT2D eigenvalue weighted by molar-refractivity contribution is 9.10. The fourth-order valence-electron chi connectivity index (χ4n) is 3.07. The predicted molar refractivity (Wildman–Crippen MR) is 120 cm³/mol. The van der Waals surface area contributed by atoms with Crippen LogP contribution in [0.2, 0.25) is 0 Å². The molecule has 2 rings (SSSR count). The van der Waals surface area contributed by atoms with Crippen molar-refractivity contribution in [2.45, 2.75) is 53.4 Å². The minimum atomic E-state index is -0.338. The summed E-state index contributed by atoms with van der Waals surface area (Å²) >= 11 is 3.58. The molecule has 0 bridgehead atoms. The molecule has 2 aromatic rings. The number of aromatic nitrogens is 1. The molecule has 0 aliphatic carbocycles. The number of rotatable bonds is 9. The predicted octanol–water partition coefficient (Wildman–Crippen LogP) is 6.55. The minimum absolute atomic E-state index is 0.0170. The molecule has 1 aromatic carbocycles. The van der Waals surface area contributed by atoms with Crippen LogP contribution in [0.15, 0.2) is 28.7 Å². The average molecular weight is 449 g/mol. The second-order valence-corrected chi connectivity index (χ2v) is 8.04. The van der Waals surface area contributed by atoms with E-state index < -0.39 is 0 Å². The number of pyridine rings is 1. The van der Waals surface area contributed by atoms with Gasteiger partial charge in [-0.15, -0.1) is 0 Å². The Bertz CT molecular complexity index is 839. The van der Waals surface area contributed by atoms with Gasteiger partial charge in [-0.3, -0.25) is 10.1 Å². The second-order valence-electron chi connectivity index (χ2n) is 7.19. The molecule has 1 N–H and O–H groups in total. The zero-order valence-corrected chi connectivity index (χ0v) is 18.8. The molecule has 0 saturated carbocycles. The van der Waals surface area contributed by atoms with E-state index in [1.54, 1.807) is 6.07 Å². The second kappa shape index (κ2) is 9.87. The van der Waals surface area contributed by atoms with Gasteiger partial charge in [0.25, 0.3) is 0 Å². The van der Waals surface area contributed by atoms with Crippen LogP contribution in [-0.2, 0) is 0 Å². The largest absolute Gasteiger partial charge is 0.366 e. The number of halogens is 1. The first kappa shape index (κ1) is 22.1. The summed E-state index contributed by atoms with van der Waals surface area (Å²) in [5, 5.41) is 15.1. The maximum Gasteiger partial charge on any atom is 0.334 e. The smallest absolute Gasteiger partial charge is 0.334 e. The monoisotopic (exact) mass is 448 g/mol. The first-order valence-corrected chi connectivity index (χ1v) is 10.5. The molecular formula is C21H29BrN4O2. The summed E-state index contributed by atoms with van der Waals surface area (Å²) in [6, 6.07) is 7.80. The molecule has 0 atom stereocenters. The van der Waals surface area contributed by atoms with Crippen molar-refractivity contribution in [3.63, 3.8) is 0 Å². The summed E-state index contributed by atoms with van der Waals surface area (Å²) in [6.45, 7) is 11.7. The molecule has 28 heavy (non-hydrogen) atoms. The van der Waals surface area contributed by atoms with Crippen molar-refractivity contribution in [1.29, 1.82) is 0 Å². The zero-order chi connectivity index (χ0) is 20.8. The Morgan fingerprint density at radius 2 is 2.00 bits per heavy atom. The molecule has 1 heterocycles. The summed E-state index contributed by atoms with van der Waals surface area (Å²) in [7, 11) is 0. The van der Waals surface area contributed by atoms with Gasteiger partial charge in [0.2, 0.25) is 5.82 Å². The van der Waals surface area contributed by atoms with Crippen molar-refractivity contribution < 1.29 is 4.92 Å². The topological polar surface area (TPSA) is 71.3 Å². The lowest BCUT2D eigenvalue weighted by molar-refractivity contribution is -0.383. The van der Waals surface area contributed by atoms with Crippen molar-refractivity contribution in [3.8, 4) is 0 Å². The summed E-state index contributed by atoms with van der Waals surface area (Å²) in [4.78, 5) is 18.1. The number of unbranched alkanes of at least 4 members (excludes halogenated alkanes) is 1. The molecule has 0 aliphatic rings. The Labute approximate surface area is 175 Å². The molecule has 152 valence electrons. The maximum absolute atomic E-state index is 12.0. The van der Waals surface area contributed by atoms with E-state index in [9.17, 15) is 10.1 Å². The van der Waals surface area contributed by atoms with E-state index in [0.717, 1.165) is 35.2 Å². The normalized spacial score (nSPS) is 11.0. The molecule has 6 nitrogen and oxygen atoms in total. The Kier molecular flexibility index (Phi) is 7.80. The van der Waals surface area contributed by atoms with Gasteiger partial charge in [0.05, 0.1) is 10.6 Å². The highest BCUT2D eigenvalue weighted by atomic mass is 79.9. The highest BCUT2D eigenvalue weighted by Crippen LogP contribution is 2.38. The maximum atomic E-state index is 12.0. The molecule has 0 spiro atoms. The van der Waals surface area contributed by atoms with E-state index in [2.05, 4.69) is 51.9 Å². The van der Waals surface area contributed by atoms with Gasteiger partial charge in [0.15, 0.2) is 0 Å². The molecule has 7 heteroatoms. The number of nitro groups is 1. The van der Waals surface area contributed by atoms with Crippen LogP contribution in [-0.4, -0.2) is 23.0 Å². The van der Waals surface area contributed by atoms with E-state index in [4.69, 9.17) is 0 Å². The quantitative estimate of drug-likeness (QED) is 0.347. The number of anilines is 3. The number of aryl methyl sites for hydroxylation is 1. The van der Waals surface area contributed by atoms with Crippen LogP contribution in [0.4, 0.5) is 22.9 Å². The van der Waals surface area contributed by atoms with Gasteiger partial charge in [0.1, 0.15) is 5.69 Å². The van der Waals surface area contributed by atoms with Gasteiger partial charge in [-0.05, 0) is 65.9 Å². The van der Waals surface area contributed by atoms with Gasteiger partial charge in [-0.1, -0.05) is 33.3 Å². The van der Waals surface area contributed by atoms with Crippen molar-refractivity contribution in [2.24, 2.45) is 0 Å². The van der Waals surface area contributed by atoms with Gasteiger partial charge >= 0.3 is 5.69 Å². The summed E-state index contributed by atoms with van der Waals surface area (Å²) in [5.41, 5.74) is 3.33. The number of benzene rings is 1. The van der Waals surface area contributed by atoms with Crippen LogP contribution >= 0.6 is 15.9 Å². The third kappa shape index (κ3) is 5.22. The van der Waals surface area contributed by atoms with E-state index in [1.165, 1.54) is 5.56 Å². The number of hydrogen-bond donors (Lipinski definition) is 1. The van der Waals surface area contributed by atoms with Crippen LogP contribution in [0.5, 0.6) is 0 Å². The Morgan fingerprint density at radius 1 is 1.29 bits per heavy atom. The van der Waals surface area contributed by atoms with E-state index in [-0.39, 0.29) is 16.4 Å². The van der Waals surface area contributed by atoms with Gasteiger partial charge in [0, 0.05) is 23.3 Å². The lowest BCUT2D eigenvalue weighted by Crippen LogP contribution is -2.25. The van der Waals surface area contributed by atoms with E-state index >= 15 is 0 Å². The van der Waals surface area contributed by atoms with Crippen LogP contribution in [0.25, 0.3) is 0 Å². The first-order valence-electron chi connectivity index (χ1n) is 9.75. The van der Waals surface area contributed by atoms with Gasteiger partial charge in [-0.2, -0.15) is 0 Å². The van der Waals surface area contributed by atoms with Crippen LogP contribution in [0, 0.1) is 17.0 Å². The molecule has 0 saturated heterocycles. The Hall–Kier alpha value is -2.15. The molecule has 0 amide bonds. The molecule has 0 fully saturated rings. The molecular weight excluding hydrogens is 420 g/mol. The third-order valence-corrected chi connectivity index (χ3v) is 5.36.